The number of hydrogen-bond donors (Lipinski definition) is 1. The van der Waals surface area contributed by atoms with Gasteiger partial charge in [-0.2, -0.15) is 5.21 Å². The average molecular weight is 341 g/mol. The fraction of sp³-hybridized carbons (Fsp3) is 0.529. The molecule has 3 aliphatic rings. The zero-order valence-corrected chi connectivity index (χ0v) is 14.4. The molecular weight excluding hydrogens is 318 g/mol. The Hall–Kier alpha value is -2.32. The lowest BCUT2D eigenvalue weighted by atomic mass is 10.1. The molecule has 2 aromatic rings. The molecule has 0 spiro atoms. The summed E-state index contributed by atoms with van der Waals surface area (Å²) in [4.78, 5) is 19.4. The molecule has 0 aliphatic carbocycles. The molecule has 3 aliphatic heterocycles. The number of H-pyrrole nitrogens is 1. The predicted molar refractivity (Wildman–Crippen MR) is 92.8 cm³/mol. The van der Waals surface area contributed by atoms with Crippen LogP contribution >= 0.6 is 0 Å². The van der Waals surface area contributed by atoms with Crippen LogP contribution in [0, 0.1) is 0 Å². The molecule has 132 valence electrons. The van der Waals surface area contributed by atoms with E-state index in [1.807, 2.05) is 24.1 Å². The molecule has 1 atom stereocenters. The van der Waals surface area contributed by atoms with Crippen molar-refractivity contribution in [3.05, 3.63) is 29.8 Å². The van der Waals surface area contributed by atoms with Crippen molar-refractivity contribution in [1.29, 1.82) is 0 Å². The van der Waals surface area contributed by atoms with Gasteiger partial charge in [-0.25, -0.2) is 0 Å². The molecule has 8 heteroatoms. The van der Waals surface area contributed by atoms with E-state index in [1.165, 1.54) is 5.56 Å². The third-order valence-electron chi connectivity index (χ3n) is 5.23. The number of nitrogens with zero attached hydrogens (tertiary/aromatic N) is 6. The topological polar surface area (TPSA) is 81.2 Å². The first-order valence-corrected chi connectivity index (χ1v) is 8.75. The van der Waals surface area contributed by atoms with E-state index in [0.29, 0.717) is 5.82 Å². The van der Waals surface area contributed by atoms with Gasteiger partial charge in [0.25, 0.3) is 0 Å². The summed E-state index contributed by atoms with van der Waals surface area (Å²) in [5.41, 5.74) is 2.13. The van der Waals surface area contributed by atoms with Crippen LogP contribution in [0.2, 0.25) is 0 Å². The van der Waals surface area contributed by atoms with Gasteiger partial charge in [0.2, 0.25) is 11.7 Å². The van der Waals surface area contributed by atoms with E-state index in [9.17, 15) is 4.79 Å². The molecule has 1 aromatic heterocycles. The monoisotopic (exact) mass is 341 g/mol. The van der Waals surface area contributed by atoms with E-state index in [4.69, 9.17) is 0 Å². The van der Waals surface area contributed by atoms with Crippen molar-refractivity contribution < 1.29 is 4.79 Å². The first-order valence-electron chi connectivity index (χ1n) is 8.75. The first kappa shape index (κ1) is 16.2. The summed E-state index contributed by atoms with van der Waals surface area (Å²) >= 11 is 0. The molecule has 1 amide bonds. The largest absolute Gasteiger partial charge is 0.344 e. The summed E-state index contributed by atoms with van der Waals surface area (Å²) in [5, 5.41) is 14.0. The van der Waals surface area contributed by atoms with Gasteiger partial charge < -0.3 is 4.90 Å². The minimum Gasteiger partial charge on any atom is -0.344 e. The standard InChI is InChI=1S/C17H23N7O/c1-22(17(25)15-12-23-8-10-24(15)11-9-23)7-6-13-2-4-14(5-3-13)16-18-20-21-19-16/h2-5,15H,6-12H2,1H3,(H,18,19,20,21). The third-order valence-corrected chi connectivity index (χ3v) is 5.23. The second-order valence-corrected chi connectivity index (χ2v) is 6.79. The van der Waals surface area contributed by atoms with Crippen molar-refractivity contribution in [2.24, 2.45) is 0 Å². The minimum atomic E-state index is 0.0353. The summed E-state index contributed by atoms with van der Waals surface area (Å²) < 4.78 is 0. The van der Waals surface area contributed by atoms with Crippen LogP contribution in [0.15, 0.2) is 24.3 Å². The van der Waals surface area contributed by atoms with E-state index >= 15 is 0 Å². The van der Waals surface area contributed by atoms with Gasteiger partial charge in [0, 0.05) is 51.9 Å². The van der Waals surface area contributed by atoms with Crippen LogP contribution in [0.4, 0.5) is 0 Å². The molecule has 8 nitrogen and oxygen atoms in total. The highest BCUT2D eigenvalue weighted by Crippen LogP contribution is 2.18. The summed E-state index contributed by atoms with van der Waals surface area (Å²) in [6.07, 6.45) is 0.838. The number of aromatic amines is 1. The highest BCUT2D eigenvalue weighted by Gasteiger charge is 2.37. The van der Waals surface area contributed by atoms with Crippen molar-refractivity contribution in [1.82, 2.24) is 35.3 Å². The van der Waals surface area contributed by atoms with Gasteiger partial charge in [-0.05, 0) is 17.2 Å². The Morgan fingerprint density at radius 2 is 2.00 bits per heavy atom. The summed E-state index contributed by atoms with van der Waals surface area (Å²) in [7, 11) is 1.91. The molecule has 3 fully saturated rings. The number of benzene rings is 1. The van der Waals surface area contributed by atoms with Crippen LogP contribution in [0.5, 0.6) is 0 Å². The van der Waals surface area contributed by atoms with Gasteiger partial charge in [0.15, 0.2) is 0 Å². The maximum Gasteiger partial charge on any atom is 0.241 e. The predicted octanol–water partition coefficient (Wildman–Crippen LogP) is -0.133. The van der Waals surface area contributed by atoms with Crippen molar-refractivity contribution >= 4 is 5.91 Å². The van der Waals surface area contributed by atoms with Crippen LogP contribution in [-0.4, -0.2) is 93.6 Å². The molecule has 4 heterocycles. The SMILES string of the molecule is CN(CCc1ccc(-c2nn[nH]n2)cc1)C(=O)C1CN2CCN1CC2. The van der Waals surface area contributed by atoms with Crippen LogP contribution in [-0.2, 0) is 11.2 Å². The summed E-state index contributed by atoms with van der Waals surface area (Å²) in [6, 6.07) is 8.12. The Morgan fingerprint density at radius 3 is 2.60 bits per heavy atom. The van der Waals surface area contributed by atoms with E-state index < -0.39 is 0 Å². The third kappa shape index (κ3) is 3.40. The zero-order valence-electron chi connectivity index (χ0n) is 14.4. The summed E-state index contributed by atoms with van der Waals surface area (Å²) in [6.45, 7) is 5.83. The number of fused-ring (bicyclic) bond motifs is 3. The smallest absolute Gasteiger partial charge is 0.241 e. The Labute approximate surface area is 146 Å². The number of piperazine rings is 3. The summed E-state index contributed by atoms with van der Waals surface area (Å²) in [5.74, 6) is 0.836. The van der Waals surface area contributed by atoms with Crippen LogP contribution in [0.25, 0.3) is 11.4 Å². The molecular formula is C17H23N7O. The van der Waals surface area contributed by atoms with Gasteiger partial charge in [-0.15, -0.1) is 10.2 Å². The maximum absolute atomic E-state index is 12.7. The Balaban J connectivity index is 1.32. The number of hydrogen-bond acceptors (Lipinski definition) is 6. The van der Waals surface area contributed by atoms with Crippen LogP contribution in [0.3, 0.4) is 0 Å². The number of amides is 1. The number of likely N-dealkylation sites (N-methyl/N-ethyl adjacent to an activating group) is 1. The zero-order chi connectivity index (χ0) is 17.2. The van der Waals surface area contributed by atoms with Gasteiger partial charge in [-0.3, -0.25) is 14.6 Å². The number of rotatable bonds is 5. The lowest BCUT2D eigenvalue weighted by Crippen LogP contribution is -2.65. The molecule has 3 saturated heterocycles. The van der Waals surface area contributed by atoms with Crippen molar-refractivity contribution in [3.63, 3.8) is 0 Å². The molecule has 1 N–H and O–H groups in total. The number of aromatic nitrogens is 4. The van der Waals surface area contributed by atoms with Crippen molar-refractivity contribution in [2.45, 2.75) is 12.5 Å². The number of nitrogens with one attached hydrogen (secondary N) is 1. The van der Waals surface area contributed by atoms with Gasteiger partial charge in [0.1, 0.15) is 6.04 Å². The first-order chi connectivity index (χ1) is 12.2. The fourth-order valence-corrected chi connectivity index (χ4v) is 3.62. The van der Waals surface area contributed by atoms with Gasteiger partial charge in [0.05, 0.1) is 0 Å². The molecule has 1 aromatic carbocycles. The Kier molecular flexibility index (Phi) is 4.46. The fourth-order valence-electron chi connectivity index (χ4n) is 3.62. The second kappa shape index (κ2) is 6.89. The van der Waals surface area contributed by atoms with Crippen LogP contribution in [0.1, 0.15) is 5.56 Å². The normalized spacial score (nSPS) is 25.1. The molecule has 1 unspecified atom stereocenters. The second-order valence-electron chi connectivity index (χ2n) is 6.79. The Bertz CT molecular complexity index is 707. The highest BCUT2D eigenvalue weighted by molar-refractivity contribution is 5.82. The number of tetrazole rings is 1. The number of carbonyl (C=O) groups excluding carboxylic acids is 1. The van der Waals surface area contributed by atoms with Crippen molar-refractivity contribution in [2.75, 3.05) is 46.3 Å². The van der Waals surface area contributed by atoms with Crippen molar-refractivity contribution in [3.8, 4) is 11.4 Å². The Morgan fingerprint density at radius 1 is 1.24 bits per heavy atom. The van der Waals surface area contributed by atoms with Gasteiger partial charge >= 0.3 is 0 Å². The molecule has 25 heavy (non-hydrogen) atoms. The lowest BCUT2D eigenvalue weighted by molar-refractivity contribution is -0.141. The van der Waals surface area contributed by atoms with E-state index in [-0.39, 0.29) is 11.9 Å². The molecule has 2 bridgehead atoms. The highest BCUT2D eigenvalue weighted by atomic mass is 16.2. The molecule has 5 rings (SSSR count). The minimum absolute atomic E-state index is 0.0353. The lowest BCUT2D eigenvalue weighted by Gasteiger charge is -2.47. The van der Waals surface area contributed by atoms with E-state index in [1.54, 1.807) is 0 Å². The van der Waals surface area contributed by atoms with E-state index in [2.05, 4.69) is 42.6 Å². The van der Waals surface area contributed by atoms with E-state index in [0.717, 1.165) is 51.3 Å². The quantitative estimate of drug-likeness (QED) is 0.816. The molecule has 0 radical (unpaired) electrons. The average Bonchev–Trinajstić information content (AvgIpc) is 3.21. The molecule has 0 saturated carbocycles. The van der Waals surface area contributed by atoms with Crippen LogP contribution < -0.4 is 0 Å². The number of carbonyl (C=O) groups is 1. The maximum atomic E-state index is 12.7. The van der Waals surface area contributed by atoms with Gasteiger partial charge in [-0.1, -0.05) is 24.3 Å².